The quantitative estimate of drug-likeness (QED) is 0.417. The largest absolute Gasteiger partial charge is 0.469 e. The Morgan fingerprint density at radius 1 is 0.793 bits per heavy atom. The van der Waals surface area contributed by atoms with Crippen molar-refractivity contribution in [2.45, 2.75) is 67.2 Å². The van der Waals surface area contributed by atoms with Gasteiger partial charge in [-0.2, -0.15) is 10.5 Å². The minimum atomic E-state index is -1.37. The molecule has 0 aliphatic heterocycles. The van der Waals surface area contributed by atoms with Crippen molar-refractivity contribution in [3.8, 4) is 12.1 Å². The maximum atomic E-state index is 11.8. The molecule has 0 aliphatic rings. The fourth-order valence-electron chi connectivity index (χ4n) is 2.18. The van der Waals surface area contributed by atoms with Gasteiger partial charge in [-0.25, -0.2) is 0 Å². The molecule has 0 aromatic rings. The third-order valence-electron chi connectivity index (χ3n) is 5.04. The van der Waals surface area contributed by atoms with Crippen LogP contribution in [0, 0.1) is 38.9 Å². The molecule has 0 fully saturated rings. The van der Waals surface area contributed by atoms with Gasteiger partial charge in [0.2, 0.25) is 0 Å². The van der Waals surface area contributed by atoms with E-state index in [0.29, 0.717) is 0 Å². The number of esters is 3. The summed E-state index contributed by atoms with van der Waals surface area (Å²) in [6.07, 6.45) is 1.19. The van der Waals surface area contributed by atoms with E-state index in [1.54, 1.807) is 13.8 Å². The molecule has 0 heterocycles. The van der Waals surface area contributed by atoms with Crippen molar-refractivity contribution in [1.29, 1.82) is 10.5 Å². The van der Waals surface area contributed by atoms with E-state index in [-0.39, 0.29) is 37.3 Å². The third-order valence-corrected chi connectivity index (χ3v) is 5.04. The van der Waals surface area contributed by atoms with Gasteiger partial charge in [-0.1, -0.05) is 13.8 Å². The highest BCUT2D eigenvalue weighted by Crippen LogP contribution is 2.35. The lowest BCUT2D eigenvalue weighted by Crippen LogP contribution is -2.35. The predicted molar refractivity (Wildman–Crippen MR) is 106 cm³/mol. The number of nitrogens with zero attached hydrogens (tertiary/aromatic N) is 2. The number of nitriles is 2. The van der Waals surface area contributed by atoms with Crippen LogP contribution in [0.4, 0.5) is 0 Å². The van der Waals surface area contributed by atoms with E-state index in [1.807, 2.05) is 32.9 Å². The number of carbonyl (C=O) groups excluding carboxylic acids is 3. The lowest BCUT2D eigenvalue weighted by atomic mass is 9.76. The molecule has 29 heavy (non-hydrogen) atoms. The lowest BCUT2D eigenvalue weighted by Gasteiger charge is -2.26. The van der Waals surface area contributed by atoms with Gasteiger partial charge in [-0.05, 0) is 53.4 Å². The molecule has 164 valence electrons. The van der Waals surface area contributed by atoms with Gasteiger partial charge in [0.15, 0.2) is 10.8 Å². The SMILES string of the molecule is CCC(C)(C)C(=O)OC.CCOC(=O)C(C)(C#N)CCC(C#N)(CC)C(=O)OC. The average Bonchev–Trinajstić information content (AvgIpc) is 2.73. The zero-order chi connectivity index (χ0) is 23.3. The summed E-state index contributed by atoms with van der Waals surface area (Å²) < 4.78 is 14.1. The molecule has 8 heteroatoms. The van der Waals surface area contributed by atoms with E-state index in [9.17, 15) is 24.9 Å². The van der Waals surface area contributed by atoms with E-state index >= 15 is 0 Å². The Hall–Kier alpha value is -2.61. The normalized spacial score (nSPS) is 14.4. The summed E-state index contributed by atoms with van der Waals surface area (Å²) in [6, 6.07) is 3.85. The van der Waals surface area contributed by atoms with Crippen molar-refractivity contribution >= 4 is 17.9 Å². The Balaban J connectivity index is 0. The number of rotatable bonds is 9. The molecule has 0 bridgehead atoms. The first-order valence-electron chi connectivity index (χ1n) is 9.56. The minimum absolute atomic E-state index is 0.0544. The molecule has 0 rings (SSSR count). The number of methoxy groups -OCH3 is 2. The monoisotopic (exact) mass is 410 g/mol. The van der Waals surface area contributed by atoms with Crippen molar-refractivity contribution < 1.29 is 28.6 Å². The summed E-state index contributed by atoms with van der Waals surface area (Å²) in [5.41, 5.74) is -3.02. The minimum Gasteiger partial charge on any atom is -0.469 e. The first-order valence-corrected chi connectivity index (χ1v) is 9.56. The third kappa shape index (κ3) is 8.11. The Labute approximate surface area is 174 Å². The van der Waals surface area contributed by atoms with E-state index in [2.05, 4.69) is 9.47 Å². The molecule has 0 saturated heterocycles. The zero-order valence-corrected chi connectivity index (χ0v) is 18.9. The van der Waals surface area contributed by atoms with Gasteiger partial charge in [-0.3, -0.25) is 14.4 Å². The molecular formula is C21H34N2O6. The summed E-state index contributed by atoms with van der Waals surface area (Å²) in [6.45, 7) is 10.7. The first kappa shape index (κ1) is 28.6. The molecule has 0 aliphatic carbocycles. The van der Waals surface area contributed by atoms with Crippen molar-refractivity contribution in [2.24, 2.45) is 16.2 Å². The molecule has 0 N–H and O–H groups in total. The van der Waals surface area contributed by atoms with Gasteiger partial charge in [0.25, 0.3) is 0 Å². The lowest BCUT2D eigenvalue weighted by molar-refractivity contribution is -0.154. The molecule has 0 saturated carbocycles. The standard InChI is InChI=1S/C14H20N2O4.C7H14O2/c1-5-14(10-16,12(18)19-4)8-7-13(3,9-15)11(17)20-6-2;1-5-7(2,3)6(8)9-4/h5-8H2,1-4H3;5H2,1-4H3. The molecule has 0 aromatic carbocycles. The molecular weight excluding hydrogens is 376 g/mol. The van der Waals surface area contributed by atoms with Gasteiger partial charge in [-0.15, -0.1) is 0 Å². The number of ether oxygens (including phenoxy) is 3. The summed E-state index contributed by atoms with van der Waals surface area (Å²) in [4.78, 5) is 34.4. The van der Waals surface area contributed by atoms with E-state index in [4.69, 9.17) is 4.74 Å². The fourth-order valence-corrected chi connectivity index (χ4v) is 2.18. The van der Waals surface area contributed by atoms with Crippen LogP contribution in [0.25, 0.3) is 0 Å². The van der Waals surface area contributed by atoms with Crippen LogP contribution >= 0.6 is 0 Å². The van der Waals surface area contributed by atoms with Crippen molar-refractivity contribution in [3.63, 3.8) is 0 Å². The van der Waals surface area contributed by atoms with Gasteiger partial charge in [0.1, 0.15) is 0 Å². The van der Waals surface area contributed by atoms with Gasteiger partial charge < -0.3 is 14.2 Å². The maximum Gasteiger partial charge on any atom is 0.326 e. The highest BCUT2D eigenvalue weighted by atomic mass is 16.5. The van der Waals surface area contributed by atoms with Crippen LogP contribution in [0.3, 0.4) is 0 Å². The fraction of sp³-hybridized carbons (Fsp3) is 0.762. The van der Waals surface area contributed by atoms with Gasteiger partial charge in [0.05, 0.1) is 38.4 Å². The Bertz CT molecular complexity index is 647. The van der Waals surface area contributed by atoms with E-state index in [1.165, 1.54) is 21.1 Å². The van der Waals surface area contributed by atoms with Crippen molar-refractivity contribution in [3.05, 3.63) is 0 Å². The van der Waals surface area contributed by atoms with Gasteiger partial charge >= 0.3 is 17.9 Å². The molecule has 0 aromatic heterocycles. The number of carbonyl (C=O) groups is 3. The van der Waals surface area contributed by atoms with Crippen molar-refractivity contribution in [1.82, 2.24) is 0 Å². The van der Waals surface area contributed by atoms with Crippen molar-refractivity contribution in [2.75, 3.05) is 20.8 Å². The Morgan fingerprint density at radius 2 is 1.31 bits per heavy atom. The first-order chi connectivity index (χ1) is 13.4. The van der Waals surface area contributed by atoms with Crippen LogP contribution in [0.15, 0.2) is 0 Å². The summed E-state index contributed by atoms with van der Waals surface area (Å²) >= 11 is 0. The molecule has 0 spiro atoms. The molecule has 0 radical (unpaired) electrons. The van der Waals surface area contributed by atoms with Crippen LogP contribution in [-0.2, 0) is 28.6 Å². The molecule has 8 nitrogen and oxygen atoms in total. The predicted octanol–water partition coefficient (Wildman–Crippen LogP) is 3.55. The smallest absolute Gasteiger partial charge is 0.326 e. The Morgan fingerprint density at radius 3 is 1.59 bits per heavy atom. The summed E-state index contributed by atoms with van der Waals surface area (Å²) in [5, 5.41) is 18.4. The zero-order valence-electron chi connectivity index (χ0n) is 18.9. The molecule has 0 amide bonds. The number of hydrogen-bond acceptors (Lipinski definition) is 8. The number of hydrogen-bond donors (Lipinski definition) is 0. The van der Waals surface area contributed by atoms with Crippen LogP contribution in [0.1, 0.15) is 67.2 Å². The maximum absolute atomic E-state index is 11.8. The van der Waals surface area contributed by atoms with Crippen LogP contribution in [-0.4, -0.2) is 38.7 Å². The Kier molecular flexibility index (Phi) is 12.6. The van der Waals surface area contributed by atoms with Crippen LogP contribution in [0.5, 0.6) is 0 Å². The van der Waals surface area contributed by atoms with E-state index in [0.717, 1.165) is 6.42 Å². The highest BCUT2D eigenvalue weighted by molar-refractivity contribution is 5.81. The second-order valence-corrected chi connectivity index (χ2v) is 7.43. The second-order valence-electron chi connectivity index (χ2n) is 7.43. The van der Waals surface area contributed by atoms with Crippen LogP contribution in [0.2, 0.25) is 0 Å². The molecule has 2 atom stereocenters. The second kappa shape index (κ2) is 12.8. The van der Waals surface area contributed by atoms with E-state index < -0.39 is 22.8 Å². The average molecular weight is 411 g/mol. The summed E-state index contributed by atoms with van der Waals surface area (Å²) in [5.74, 6) is -1.42. The summed E-state index contributed by atoms with van der Waals surface area (Å²) in [7, 11) is 2.62. The highest BCUT2D eigenvalue weighted by Gasteiger charge is 2.43. The molecule has 2 unspecified atom stereocenters. The van der Waals surface area contributed by atoms with Gasteiger partial charge in [0, 0.05) is 0 Å². The topological polar surface area (TPSA) is 126 Å². The van der Waals surface area contributed by atoms with Crippen LogP contribution < -0.4 is 0 Å².